The molecule has 2 aromatic rings. The number of aliphatic hydroxyl groups is 1. The van der Waals surface area contributed by atoms with Gasteiger partial charge in [0.25, 0.3) is 0 Å². The fourth-order valence-corrected chi connectivity index (χ4v) is 1.84. The summed E-state index contributed by atoms with van der Waals surface area (Å²) in [4.78, 5) is 0. The molecule has 2 nitrogen and oxygen atoms in total. The summed E-state index contributed by atoms with van der Waals surface area (Å²) < 4.78 is 79.9. The van der Waals surface area contributed by atoms with Crippen LogP contribution < -0.4 is 4.74 Å². The molecule has 22 heavy (non-hydrogen) atoms. The van der Waals surface area contributed by atoms with E-state index in [-0.39, 0.29) is 16.7 Å². The quantitative estimate of drug-likeness (QED) is 0.679. The average Bonchev–Trinajstić information content (AvgIpc) is 2.42. The van der Waals surface area contributed by atoms with Crippen molar-refractivity contribution in [3.63, 3.8) is 0 Å². The molecule has 0 saturated heterocycles. The summed E-state index contributed by atoms with van der Waals surface area (Å²) in [5.41, 5.74) is -0.666. The molecule has 0 aliphatic rings. The van der Waals surface area contributed by atoms with E-state index in [0.29, 0.717) is 12.1 Å². The molecule has 0 aliphatic heterocycles. The summed E-state index contributed by atoms with van der Waals surface area (Å²) >= 11 is 0. The zero-order valence-electron chi connectivity index (χ0n) is 10.7. The van der Waals surface area contributed by atoms with Gasteiger partial charge in [-0.3, -0.25) is 0 Å². The number of rotatable bonds is 3. The first-order valence-electron chi connectivity index (χ1n) is 5.85. The second-order valence-electron chi connectivity index (χ2n) is 4.27. The molecule has 0 bridgehead atoms. The summed E-state index contributed by atoms with van der Waals surface area (Å²) in [5, 5.41) is 9.08. The van der Waals surface area contributed by atoms with Gasteiger partial charge in [0.05, 0.1) is 6.61 Å². The zero-order valence-corrected chi connectivity index (χ0v) is 10.7. The van der Waals surface area contributed by atoms with Gasteiger partial charge in [-0.25, -0.2) is 13.2 Å². The van der Waals surface area contributed by atoms with Crippen molar-refractivity contribution >= 4 is 0 Å². The van der Waals surface area contributed by atoms with Gasteiger partial charge < -0.3 is 9.84 Å². The Morgan fingerprint density at radius 1 is 0.909 bits per heavy atom. The molecule has 8 heteroatoms. The van der Waals surface area contributed by atoms with Crippen LogP contribution in [0.3, 0.4) is 0 Å². The zero-order chi connectivity index (χ0) is 16.5. The Kier molecular flexibility index (Phi) is 4.32. The lowest BCUT2D eigenvalue weighted by Crippen LogP contribution is -2.18. The Balaban J connectivity index is 2.48. The number of ether oxygens (including phenoxy) is 1. The number of halogens is 6. The van der Waals surface area contributed by atoms with Gasteiger partial charge in [0.15, 0.2) is 11.6 Å². The average molecular weight is 322 g/mol. The van der Waals surface area contributed by atoms with Gasteiger partial charge in [0.1, 0.15) is 11.6 Å². The van der Waals surface area contributed by atoms with E-state index in [1.807, 2.05) is 0 Å². The lowest BCUT2D eigenvalue weighted by Gasteiger charge is -2.14. The van der Waals surface area contributed by atoms with Crippen molar-refractivity contribution in [3.8, 4) is 16.9 Å². The number of hydrogen-bond donors (Lipinski definition) is 1. The normalized spacial score (nSPS) is 11.6. The summed E-state index contributed by atoms with van der Waals surface area (Å²) in [6, 6.07) is 3.79. The Bertz CT molecular complexity index is 696. The first-order valence-corrected chi connectivity index (χ1v) is 5.85. The topological polar surface area (TPSA) is 29.5 Å². The van der Waals surface area contributed by atoms with Crippen LogP contribution in [0.15, 0.2) is 30.3 Å². The van der Waals surface area contributed by atoms with E-state index in [1.165, 1.54) is 0 Å². The van der Waals surface area contributed by atoms with Crippen LogP contribution in [0.25, 0.3) is 11.1 Å². The van der Waals surface area contributed by atoms with Crippen molar-refractivity contribution in [2.45, 2.75) is 13.0 Å². The van der Waals surface area contributed by atoms with E-state index in [2.05, 4.69) is 4.74 Å². The number of alkyl halides is 3. The van der Waals surface area contributed by atoms with Gasteiger partial charge in [-0.05, 0) is 23.8 Å². The minimum absolute atomic E-state index is 0.0324. The van der Waals surface area contributed by atoms with Gasteiger partial charge in [0, 0.05) is 17.2 Å². The standard InChI is InChI=1S/C14H8F6O2/c15-10-5-12(17)11(16)4-9(10)7-1-2-13(8(3-7)6-21)22-14(18,19)20/h1-5,21H,6H2. The van der Waals surface area contributed by atoms with Gasteiger partial charge in [-0.1, -0.05) is 6.07 Å². The van der Waals surface area contributed by atoms with Crippen molar-refractivity contribution in [3.05, 3.63) is 53.3 Å². The second-order valence-corrected chi connectivity index (χ2v) is 4.27. The predicted octanol–water partition coefficient (Wildman–Crippen LogP) is 4.16. The largest absolute Gasteiger partial charge is 0.573 e. The molecule has 0 radical (unpaired) electrons. The molecule has 0 amide bonds. The molecule has 0 aromatic heterocycles. The van der Waals surface area contributed by atoms with Crippen LogP contribution in [0.4, 0.5) is 26.3 Å². The molecule has 118 valence electrons. The fraction of sp³-hybridized carbons (Fsp3) is 0.143. The molecule has 2 aromatic carbocycles. The summed E-state index contributed by atoms with van der Waals surface area (Å²) in [5.74, 6) is -4.45. The molecular weight excluding hydrogens is 314 g/mol. The van der Waals surface area contributed by atoms with Gasteiger partial charge >= 0.3 is 6.36 Å². The predicted molar refractivity (Wildman–Crippen MR) is 64.4 cm³/mol. The molecule has 0 heterocycles. The maximum absolute atomic E-state index is 13.6. The van der Waals surface area contributed by atoms with E-state index in [1.54, 1.807) is 0 Å². The lowest BCUT2D eigenvalue weighted by molar-refractivity contribution is -0.275. The van der Waals surface area contributed by atoms with E-state index in [4.69, 9.17) is 5.11 Å². The Labute approximate surface area is 120 Å². The molecule has 2 rings (SSSR count). The summed E-state index contributed by atoms with van der Waals surface area (Å²) in [6.45, 7) is -0.815. The number of aliphatic hydroxyl groups excluding tert-OH is 1. The van der Waals surface area contributed by atoms with Crippen molar-refractivity contribution in [2.24, 2.45) is 0 Å². The number of hydrogen-bond acceptors (Lipinski definition) is 2. The molecule has 0 atom stereocenters. The third-order valence-corrected chi connectivity index (χ3v) is 2.78. The van der Waals surface area contributed by atoms with E-state index in [0.717, 1.165) is 18.2 Å². The fourth-order valence-electron chi connectivity index (χ4n) is 1.84. The highest BCUT2D eigenvalue weighted by Gasteiger charge is 2.32. The molecule has 1 N–H and O–H groups in total. The Morgan fingerprint density at radius 3 is 2.14 bits per heavy atom. The highest BCUT2D eigenvalue weighted by molar-refractivity contribution is 5.66. The highest BCUT2D eigenvalue weighted by Crippen LogP contribution is 2.32. The SMILES string of the molecule is OCc1cc(-c2cc(F)c(F)cc2F)ccc1OC(F)(F)F. The van der Waals surface area contributed by atoms with E-state index < -0.39 is 36.2 Å². The van der Waals surface area contributed by atoms with Crippen LogP contribution in [0.2, 0.25) is 0 Å². The van der Waals surface area contributed by atoms with E-state index in [9.17, 15) is 26.3 Å². The summed E-state index contributed by atoms with van der Waals surface area (Å²) in [6.07, 6.45) is -4.96. The van der Waals surface area contributed by atoms with Gasteiger partial charge in [-0.15, -0.1) is 13.2 Å². The molecule has 0 fully saturated rings. The van der Waals surface area contributed by atoms with Crippen LogP contribution in [0, 0.1) is 17.5 Å². The molecular formula is C14H8F6O2. The lowest BCUT2D eigenvalue weighted by atomic mass is 10.0. The van der Waals surface area contributed by atoms with Crippen LogP contribution in [-0.2, 0) is 6.61 Å². The van der Waals surface area contributed by atoms with Crippen LogP contribution in [-0.4, -0.2) is 11.5 Å². The first-order chi connectivity index (χ1) is 10.2. The third-order valence-electron chi connectivity index (χ3n) is 2.78. The van der Waals surface area contributed by atoms with Gasteiger partial charge in [-0.2, -0.15) is 0 Å². The van der Waals surface area contributed by atoms with Crippen molar-refractivity contribution in [1.82, 2.24) is 0 Å². The van der Waals surface area contributed by atoms with Crippen molar-refractivity contribution < 1.29 is 36.2 Å². The molecule has 0 aliphatic carbocycles. The molecule has 0 spiro atoms. The monoisotopic (exact) mass is 322 g/mol. The minimum Gasteiger partial charge on any atom is -0.405 e. The maximum Gasteiger partial charge on any atom is 0.573 e. The number of benzene rings is 2. The van der Waals surface area contributed by atoms with Crippen LogP contribution >= 0.6 is 0 Å². The molecule has 0 unspecified atom stereocenters. The van der Waals surface area contributed by atoms with Gasteiger partial charge in [0.2, 0.25) is 0 Å². The highest BCUT2D eigenvalue weighted by atomic mass is 19.4. The smallest absolute Gasteiger partial charge is 0.405 e. The maximum atomic E-state index is 13.6. The Hall–Kier alpha value is -2.22. The van der Waals surface area contributed by atoms with E-state index >= 15 is 0 Å². The minimum atomic E-state index is -4.96. The first kappa shape index (κ1) is 16.2. The Morgan fingerprint density at radius 2 is 1.55 bits per heavy atom. The van der Waals surface area contributed by atoms with Crippen LogP contribution in [0.5, 0.6) is 5.75 Å². The molecule has 0 saturated carbocycles. The van der Waals surface area contributed by atoms with Crippen LogP contribution in [0.1, 0.15) is 5.56 Å². The second kappa shape index (κ2) is 5.88. The summed E-state index contributed by atoms with van der Waals surface area (Å²) in [7, 11) is 0. The third kappa shape index (κ3) is 3.51. The van der Waals surface area contributed by atoms with Crippen molar-refractivity contribution in [2.75, 3.05) is 0 Å². The van der Waals surface area contributed by atoms with Crippen molar-refractivity contribution in [1.29, 1.82) is 0 Å².